The average Bonchev–Trinajstić information content (AvgIpc) is 2.81. The molecule has 0 spiro atoms. The van der Waals surface area contributed by atoms with E-state index in [4.69, 9.17) is 0 Å². The second kappa shape index (κ2) is 4.17. The van der Waals surface area contributed by atoms with Crippen molar-refractivity contribution < 1.29 is 8.42 Å². The summed E-state index contributed by atoms with van der Waals surface area (Å²) in [6.45, 7) is 0. The van der Waals surface area contributed by atoms with Gasteiger partial charge in [-0.1, -0.05) is 12.1 Å². The van der Waals surface area contributed by atoms with Gasteiger partial charge in [-0.25, -0.2) is 8.42 Å². The van der Waals surface area contributed by atoms with Gasteiger partial charge in [-0.2, -0.15) is 9.73 Å². The first-order valence-electron chi connectivity index (χ1n) is 5.66. The van der Waals surface area contributed by atoms with Crippen molar-refractivity contribution in [3.05, 3.63) is 48.7 Å². The highest BCUT2D eigenvalue weighted by Crippen LogP contribution is 2.21. The van der Waals surface area contributed by atoms with Crippen molar-refractivity contribution in [3.8, 4) is 11.3 Å². The predicted octanol–water partition coefficient (Wildman–Crippen LogP) is 1.80. The lowest BCUT2D eigenvalue weighted by Gasteiger charge is -1.99. The zero-order valence-corrected chi connectivity index (χ0v) is 11.0. The SMILES string of the molecule is CS(=O)(=O)c1ccc(-c2cc3cccnn3n2)cc1. The lowest BCUT2D eigenvalue weighted by molar-refractivity contribution is 0.602. The molecule has 2 aromatic heterocycles. The molecule has 0 amide bonds. The van der Waals surface area contributed by atoms with E-state index in [-0.39, 0.29) is 0 Å². The topological polar surface area (TPSA) is 64.3 Å². The minimum Gasteiger partial charge on any atom is -0.224 e. The van der Waals surface area contributed by atoms with Crippen molar-refractivity contribution in [1.29, 1.82) is 0 Å². The van der Waals surface area contributed by atoms with E-state index in [2.05, 4.69) is 10.2 Å². The van der Waals surface area contributed by atoms with Gasteiger partial charge in [-0.05, 0) is 30.3 Å². The van der Waals surface area contributed by atoms with Crippen LogP contribution in [-0.2, 0) is 9.84 Å². The van der Waals surface area contributed by atoms with E-state index >= 15 is 0 Å². The quantitative estimate of drug-likeness (QED) is 0.714. The van der Waals surface area contributed by atoms with Gasteiger partial charge < -0.3 is 0 Å². The summed E-state index contributed by atoms with van der Waals surface area (Å²) in [6, 6.07) is 12.3. The molecule has 0 saturated heterocycles. The van der Waals surface area contributed by atoms with E-state index in [9.17, 15) is 8.42 Å². The molecule has 3 aromatic rings. The first-order valence-corrected chi connectivity index (χ1v) is 7.55. The highest BCUT2D eigenvalue weighted by molar-refractivity contribution is 7.90. The van der Waals surface area contributed by atoms with E-state index in [1.54, 1.807) is 35.1 Å². The monoisotopic (exact) mass is 273 g/mol. The van der Waals surface area contributed by atoms with Gasteiger partial charge in [0.05, 0.1) is 16.1 Å². The van der Waals surface area contributed by atoms with Gasteiger partial charge in [0, 0.05) is 18.0 Å². The third-order valence-electron chi connectivity index (χ3n) is 2.83. The molecule has 5 nitrogen and oxygen atoms in total. The zero-order valence-electron chi connectivity index (χ0n) is 10.2. The maximum atomic E-state index is 11.4. The van der Waals surface area contributed by atoms with Crippen LogP contribution in [0.5, 0.6) is 0 Å². The number of nitrogens with zero attached hydrogens (tertiary/aromatic N) is 3. The van der Waals surface area contributed by atoms with Gasteiger partial charge in [0.1, 0.15) is 0 Å². The van der Waals surface area contributed by atoms with Crippen LogP contribution in [0.1, 0.15) is 0 Å². The average molecular weight is 273 g/mol. The molecule has 19 heavy (non-hydrogen) atoms. The van der Waals surface area contributed by atoms with Crippen LogP contribution in [0.25, 0.3) is 16.8 Å². The number of aromatic nitrogens is 3. The Morgan fingerprint density at radius 1 is 1.11 bits per heavy atom. The number of sulfone groups is 1. The molecular weight excluding hydrogens is 262 g/mol. The van der Waals surface area contributed by atoms with Crippen LogP contribution in [0, 0.1) is 0 Å². The van der Waals surface area contributed by atoms with Gasteiger partial charge >= 0.3 is 0 Å². The third-order valence-corrected chi connectivity index (χ3v) is 3.95. The smallest absolute Gasteiger partial charge is 0.175 e. The molecule has 6 heteroatoms. The van der Waals surface area contributed by atoms with Crippen LogP contribution < -0.4 is 0 Å². The summed E-state index contributed by atoms with van der Waals surface area (Å²) >= 11 is 0. The van der Waals surface area contributed by atoms with Gasteiger partial charge in [0.15, 0.2) is 9.84 Å². The zero-order chi connectivity index (χ0) is 13.5. The van der Waals surface area contributed by atoms with Gasteiger partial charge in [-0.15, -0.1) is 5.10 Å². The Morgan fingerprint density at radius 3 is 2.47 bits per heavy atom. The number of rotatable bonds is 2. The Morgan fingerprint density at radius 2 is 1.84 bits per heavy atom. The van der Waals surface area contributed by atoms with Crippen molar-refractivity contribution in [2.24, 2.45) is 0 Å². The number of hydrogen-bond donors (Lipinski definition) is 0. The summed E-state index contributed by atoms with van der Waals surface area (Å²) in [4.78, 5) is 0.304. The Kier molecular flexibility index (Phi) is 2.60. The molecule has 0 unspecified atom stereocenters. The summed E-state index contributed by atoms with van der Waals surface area (Å²) < 4.78 is 24.3. The number of benzene rings is 1. The molecule has 0 N–H and O–H groups in total. The van der Waals surface area contributed by atoms with Crippen LogP contribution >= 0.6 is 0 Å². The molecule has 0 radical (unpaired) electrons. The first kappa shape index (κ1) is 11.9. The van der Waals surface area contributed by atoms with Crippen molar-refractivity contribution in [2.75, 3.05) is 6.26 Å². The molecule has 96 valence electrons. The van der Waals surface area contributed by atoms with E-state index in [1.807, 2.05) is 18.2 Å². The molecule has 1 aromatic carbocycles. The Labute approximate surface area is 110 Å². The van der Waals surface area contributed by atoms with Crippen LogP contribution in [0.2, 0.25) is 0 Å². The largest absolute Gasteiger partial charge is 0.224 e. The molecule has 0 bridgehead atoms. The number of hydrogen-bond acceptors (Lipinski definition) is 4. The van der Waals surface area contributed by atoms with Crippen molar-refractivity contribution >= 4 is 15.4 Å². The lowest BCUT2D eigenvalue weighted by Crippen LogP contribution is -1.96. The van der Waals surface area contributed by atoms with Gasteiger partial charge in [0.2, 0.25) is 0 Å². The van der Waals surface area contributed by atoms with E-state index < -0.39 is 9.84 Å². The highest BCUT2D eigenvalue weighted by atomic mass is 32.2. The van der Waals surface area contributed by atoms with Crippen LogP contribution in [0.3, 0.4) is 0 Å². The van der Waals surface area contributed by atoms with Crippen LogP contribution in [-0.4, -0.2) is 29.5 Å². The molecule has 2 heterocycles. The normalized spacial score (nSPS) is 11.8. The maximum absolute atomic E-state index is 11.4. The van der Waals surface area contributed by atoms with E-state index in [0.29, 0.717) is 4.90 Å². The second-order valence-corrected chi connectivity index (χ2v) is 6.28. The minimum absolute atomic E-state index is 0.304. The summed E-state index contributed by atoms with van der Waals surface area (Å²) in [5.74, 6) is 0. The molecule has 0 aliphatic rings. The molecule has 3 rings (SSSR count). The van der Waals surface area contributed by atoms with Crippen LogP contribution in [0.15, 0.2) is 53.6 Å². The molecule has 0 aliphatic carbocycles. The van der Waals surface area contributed by atoms with Crippen LogP contribution in [0.4, 0.5) is 0 Å². The van der Waals surface area contributed by atoms with E-state index in [1.165, 1.54) is 6.26 Å². The maximum Gasteiger partial charge on any atom is 0.175 e. The third kappa shape index (κ3) is 2.22. The second-order valence-electron chi connectivity index (χ2n) is 4.26. The standard InChI is InChI=1S/C13H11N3O2S/c1-19(17,18)12-6-4-10(5-7-12)13-9-11-3-2-8-14-16(11)15-13/h2-9H,1H3. The summed E-state index contributed by atoms with van der Waals surface area (Å²) in [7, 11) is -3.16. The molecule has 0 fully saturated rings. The fraction of sp³-hybridized carbons (Fsp3) is 0.0769. The Balaban J connectivity index is 2.07. The van der Waals surface area contributed by atoms with Gasteiger partial charge in [0.25, 0.3) is 0 Å². The highest BCUT2D eigenvalue weighted by Gasteiger charge is 2.08. The summed E-state index contributed by atoms with van der Waals surface area (Å²) in [5, 5.41) is 8.42. The van der Waals surface area contributed by atoms with Gasteiger partial charge in [-0.3, -0.25) is 0 Å². The molecular formula is C13H11N3O2S. The Bertz CT molecular complexity index is 803. The first-order chi connectivity index (χ1) is 9.04. The van der Waals surface area contributed by atoms with Crippen molar-refractivity contribution in [3.63, 3.8) is 0 Å². The Hall–Kier alpha value is -2.21. The van der Waals surface area contributed by atoms with Crippen molar-refractivity contribution in [2.45, 2.75) is 4.90 Å². The lowest BCUT2D eigenvalue weighted by atomic mass is 10.1. The molecule has 0 saturated carbocycles. The number of fused-ring (bicyclic) bond motifs is 1. The summed E-state index contributed by atoms with van der Waals surface area (Å²) in [5.41, 5.74) is 2.52. The summed E-state index contributed by atoms with van der Waals surface area (Å²) in [6.07, 6.45) is 2.85. The molecule has 0 aliphatic heterocycles. The molecule has 0 atom stereocenters. The predicted molar refractivity (Wildman–Crippen MR) is 71.5 cm³/mol. The van der Waals surface area contributed by atoms with E-state index in [0.717, 1.165) is 16.8 Å². The fourth-order valence-electron chi connectivity index (χ4n) is 1.85. The van der Waals surface area contributed by atoms with Crippen molar-refractivity contribution in [1.82, 2.24) is 14.8 Å². The minimum atomic E-state index is -3.16. The fourth-order valence-corrected chi connectivity index (χ4v) is 2.48.